The molecule has 4 heteroatoms. The number of Topliss-reactive ketones (excluding diaryl/α,β-unsaturated/α-hetero) is 1. The molecule has 0 radical (unpaired) electrons. The number of carbonyl (C=O) groups is 1. The molecule has 1 aliphatic carbocycles. The van der Waals surface area contributed by atoms with Crippen molar-refractivity contribution in [3.63, 3.8) is 0 Å². The highest BCUT2D eigenvalue weighted by molar-refractivity contribution is 5.87. The van der Waals surface area contributed by atoms with Gasteiger partial charge in [-0.3, -0.25) is 4.79 Å². The van der Waals surface area contributed by atoms with Crippen LogP contribution in [0.4, 0.5) is 4.39 Å². The average Bonchev–Trinajstić information content (AvgIpc) is 3.04. The topological polar surface area (TPSA) is 45.8 Å². The van der Waals surface area contributed by atoms with Crippen LogP contribution in [-0.2, 0) is 24.2 Å². The summed E-state index contributed by atoms with van der Waals surface area (Å²) in [4.78, 5) is 12.1. The van der Waals surface area contributed by atoms with Gasteiger partial charge in [0.25, 0.3) is 0 Å². The minimum Gasteiger partial charge on any atom is -0.340 e. The first-order chi connectivity index (χ1) is 14.5. The number of fused-ring (bicyclic) bond motifs is 3. The van der Waals surface area contributed by atoms with Crippen molar-refractivity contribution < 1.29 is 9.18 Å². The summed E-state index contributed by atoms with van der Waals surface area (Å²) < 4.78 is 16.0. The highest BCUT2D eigenvalue weighted by Gasteiger charge is 2.26. The highest BCUT2D eigenvalue weighted by Crippen LogP contribution is 2.37. The molecule has 0 fully saturated rings. The summed E-state index contributed by atoms with van der Waals surface area (Å²) in [5, 5.41) is 10.5. The van der Waals surface area contributed by atoms with Gasteiger partial charge in [-0.2, -0.15) is 5.26 Å². The molecule has 0 N–H and O–H groups in total. The quantitative estimate of drug-likeness (QED) is 0.522. The van der Waals surface area contributed by atoms with Gasteiger partial charge in [-0.15, -0.1) is 0 Å². The van der Waals surface area contributed by atoms with Gasteiger partial charge in [-0.25, -0.2) is 4.39 Å². The minimum atomic E-state index is -0.223. The van der Waals surface area contributed by atoms with E-state index in [0.717, 1.165) is 42.1 Å². The second-order valence-corrected chi connectivity index (χ2v) is 8.75. The third-order valence-electron chi connectivity index (χ3n) is 6.37. The molecule has 1 atom stereocenters. The van der Waals surface area contributed by atoms with Gasteiger partial charge in [0, 0.05) is 35.5 Å². The van der Waals surface area contributed by atoms with Gasteiger partial charge < -0.3 is 4.57 Å². The van der Waals surface area contributed by atoms with Crippen molar-refractivity contribution in [1.29, 1.82) is 5.26 Å². The van der Waals surface area contributed by atoms with Crippen LogP contribution in [0.1, 0.15) is 55.5 Å². The molecule has 3 aromatic rings. The zero-order valence-corrected chi connectivity index (χ0v) is 17.6. The van der Waals surface area contributed by atoms with E-state index in [1.165, 1.54) is 17.3 Å². The molecule has 0 saturated carbocycles. The summed E-state index contributed by atoms with van der Waals surface area (Å²) in [6.07, 6.45) is 4.50. The van der Waals surface area contributed by atoms with Crippen molar-refractivity contribution in [1.82, 2.24) is 4.57 Å². The number of carbonyl (C=O) groups excluding carboxylic acids is 1. The molecule has 0 bridgehead atoms. The molecule has 0 saturated heterocycles. The predicted molar refractivity (Wildman–Crippen MR) is 117 cm³/mol. The van der Waals surface area contributed by atoms with Gasteiger partial charge in [0.2, 0.25) is 0 Å². The Morgan fingerprint density at radius 1 is 1.27 bits per heavy atom. The Bertz CT molecular complexity index is 1140. The molecule has 3 nitrogen and oxygen atoms in total. The Labute approximate surface area is 177 Å². The van der Waals surface area contributed by atoms with Crippen molar-refractivity contribution in [3.05, 3.63) is 70.7 Å². The molecule has 4 rings (SSSR count). The second-order valence-electron chi connectivity index (χ2n) is 8.75. The standard InChI is InChI=1S/C26H27FN2O/c1-17(2)26(30)11-8-18-6-9-24-22(13-18)23-14-19(15-28)7-10-25(23)29(24)16-20-4-3-5-21(27)12-20/h3-5,7,10,12,14,17-18H,6,8-9,11,13,16H2,1-2H3. The molecule has 1 heterocycles. The molecule has 0 spiro atoms. The first kappa shape index (κ1) is 20.3. The Morgan fingerprint density at radius 3 is 2.83 bits per heavy atom. The maximum absolute atomic E-state index is 13.7. The molecule has 0 aliphatic heterocycles. The molecule has 30 heavy (non-hydrogen) atoms. The van der Waals surface area contributed by atoms with Gasteiger partial charge in [0.1, 0.15) is 11.6 Å². The number of nitriles is 1. The Kier molecular flexibility index (Phi) is 5.72. The number of benzene rings is 2. The van der Waals surface area contributed by atoms with Gasteiger partial charge in [0.15, 0.2) is 0 Å². The second kappa shape index (κ2) is 8.44. The fourth-order valence-electron chi connectivity index (χ4n) is 4.67. The fourth-order valence-corrected chi connectivity index (χ4v) is 4.67. The molecule has 0 amide bonds. The largest absolute Gasteiger partial charge is 0.340 e. The van der Waals surface area contributed by atoms with Crippen molar-refractivity contribution in [2.24, 2.45) is 11.8 Å². The van der Waals surface area contributed by atoms with Crippen LogP contribution in [0.15, 0.2) is 42.5 Å². The average molecular weight is 403 g/mol. The molecule has 2 aromatic carbocycles. The summed E-state index contributed by atoms with van der Waals surface area (Å²) in [6.45, 7) is 4.54. The number of halogens is 1. The van der Waals surface area contributed by atoms with Crippen LogP contribution < -0.4 is 0 Å². The number of aromatic nitrogens is 1. The minimum absolute atomic E-state index is 0.0931. The van der Waals surface area contributed by atoms with Gasteiger partial charge >= 0.3 is 0 Å². The third kappa shape index (κ3) is 4.03. The summed E-state index contributed by atoms with van der Waals surface area (Å²) in [7, 11) is 0. The summed E-state index contributed by atoms with van der Waals surface area (Å²) in [5.74, 6) is 0.690. The smallest absolute Gasteiger partial charge is 0.135 e. The lowest BCUT2D eigenvalue weighted by Crippen LogP contribution is -2.18. The monoisotopic (exact) mass is 402 g/mol. The number of nitrogens with zero attached hydrogens (tertiary/aromatic N) is 2. The van der Waals surface area contributed by atoms with Crippen LogP contribution in [-0.4, -0.2) is 10.4 Å². The molecular formula is C26H27FN2O. The molecule has 1 aromatic heterocycles. The van der Waals surface area contributed by atoms with E-state index < -0.39 is 0 Å². The van der Waals surface area contributed by atoms with E-state index in [4.69, 9.17) is 0 Å². The Balaban J connectivity index is 1.69. The van der Waals surface area contributed by atoms with Gasteiger partial charge in [-0.1, -0.05) is 26.0 Å². The van der Waals surface area contributed by atoms with E-state index in [2.05, 4.69) is 10.6 Å². The van der Waals surface area contributed by atoms with Crippen LogP contribution in [0.2, 0.25) is 0 Å². The summed E-state index contributed by atoms with van der Waals surface area (Å²) in [6, 6.07) is 14.9. The summed E-state index contributed by atoms with van der Waals surface area (Å²) >= 11 is 0. The SMILES string of the molecule is CC(C)C(=O)CCC1CCc2c(c3cc(C#N)ccc3n2Cc2cccc(F)c2)C1. The molecular weight excluding hydrogens is 375 g/mol. The van der Waals surface area contributed by atoms with Crippen LogP contribution in [0.3, 0.4) is 0 Å². The van der Waals surface area contributed by atoms with Crippen LogP contribution >= 0.6 is 0 Å². The van der Waals surface area contributed by atoms with E-state index in [0.29, 0.717) is 30.2 Å². The normalized spacial score (nSPS) is 15.9. The van der Waals surface area contributed by atoms with Crippen molar-refractivity contribution in [3.8, 4) is 6.07 Å². The van der Waals surface area contributed by atoms with Crippen molar-refractivity contribution >= 4 is 16.7 Å². The Morgan fingerprint density at radius 2 is 2.10 bits per heavy atom. The van der Waals surface area contributed by atoms with E-state index in [-0.39, 0.29) is 11.7 Å². The number of rotatable bonds is 6. The zero-order chi connectivity index (χ0) is 21.3. The predicted octanol–water partition coefficient (Wildman–Crippen LogP) is 5.81. The van der Waals surface area contributed by atoms with E-state index in [9.17, 15) is 14.4 Å². The van der Waals surface area contributed by atoms with Crippen molar-refractivity contribution in [2.75, 3.05) is 0 Å². The lowest BCUT2D eigenvalue weighted by Gasteiger charge is -2.24. The third-order valence-corrected chi connectivity index (χ3v) is 6.37. The fraction of sp³-hybridized carbons (Fsp3) is 0.385. The molecule has 1 aliphatic rings. The number of hydrogen-bond donors (Lipinski definition) is 0. The van der Waals surface area contributed by atoms with E-state index in [1.807, 2.05) is 38.1 Å². The molecule has 154 valence electrons. The Hall–Kier alpha value is -2.93. The molecule has 1 unspecified atom stereocenters. The lowest BCUT2D eigenvalue weighted by molar-refractivity contribution is -0.122. The number of hydrogen-bond acceptors (Lipinski definition) is 2. The first-order valence-electron chi connectivity index (χ1n) is 10.8. The van der Waals surface area contributed by atoms with Crippen LogP contribution in [0.5, 0.6) is 0 Å². The maximum atomic E-state index is 13.7. The number of ketones is 1. The van der Waals surface area contributed by atoms with Gasteiger partial charge in [-0.05, 0) is 73.1 Å². The summed E-state index contributed by atoms with van der Waals surface area (Å²) in [5.41, 5.74) is 5.28. The maximum Gasteiger partial charge on any atom is 0.135 e. The van der Waals surface area contributed by atoms with Crippen LogP contribution in [0, 0.1) is 29.0 Å². The van der Waals surface area contributed by atoms with E-state index >= 15 is 0 Å². The van der Waals surface area contributed by atoms with Gasteiger partial charge in [0.05, 0.1) is 11.6 Å². The lowest BCUT2D eigenvalue weighted by atomic mass is 9.82. The highest BCUT2D eigenvalue weighted by atomic mass is 19.1. The van der Waals surface area contributed by atoms with Crippen LogP contribution in [0.25, 0.3) is 10.9 Å². The zero-order valence-electron chi connectivity index (χ0n) is 17.6. The van der Waals surface area contributed by atoms with E-state index in [1.54, 1.807) is 12.1 Å². The van der Waals surface area contributed by atoms with Crippen molar-refractivity contribution in [2.45, 2.75) is 52.5 Å². The first-order valence-corrected chi connectivity index (χ1v) is 10.8.